The Morgan fingerprint density at radius 3 is 2.39 bits per heavy atom. The predicted octanol–water partition coefficient (Wildman–Crippen LogP) is 2.18. The Balaban J connectivity index is 1.29. The maximum Gasteiger partial charge on any atom is 0.235 e. The first kappa shape index (κ1) is 18.9. The summed E-state index contributed by atoms with van der Waals surface area (Å²) in [6.45, 7) is 2.33. The van der Waals surface area contributed by atoms with E-state index in [-0.39, 0.29) is 36.5 Å². The van der Waals surface area contributed by atoms with Crippen molar-refractivity contribution < 1.29 is 18.8 Å². The summed E-state index contributed by atoms with van der Waals surface area (Å²) in [4.78, 5) is 42.6. The normalized spacial score (nSPS) is 21.8. The lowest BCUT2D eigenvalue weighted by atomic mass is 9.84. The molecule has 1 spiro atoms. The number of rotatable bonds is 4. The molecular formula is C21H26FN3O3. The summed E-state index contributed by atoms with van der Waals surface area (Å²) in [6.07, 6.45) is 4.05. The van der Waals surface area contributed by atoms with Gasteiger partial charge in [-0.1, -0.05) is 25.0 Å². The highest BCUT2D eigenvalue weighted by molar-refractivity contribution is 6.06. The first-order chi connectivity index (χ1) is 13.5. The molecule has 2 saturated heterocycles. The van der Waals surface area contributed by atoms with E-state index in [0.717, 1.165) is 25.7 Å². The molecule has 2 aliphatic heterocycles. The van der Waals surface area contributed by atoms with E-state index in [9.17, 15) is 18.8 Å². The number of benzene rings is 1. The standard InChI is InChI=1S/C21H26FN3O3/c22-16-5-1-2-6-17(16)23-11-13-24(14-12-23)18(26)7-10-25-19(27)15-21(20(25)28)8-3-4-9-21/h1-2,5-6H,3-4,7-15H2. The Hall–Kier alpha value is -2.44. The summed E-state index contributed by atoms with van der Waals surface area (Å²) in [5, 5.41) is 0. The van der Waals surface area contributed by atoms with E-state index in [1.807, 2.05) is 4.90 Å². The summed E-state index contributed by atoms with van der Waals surface area (Å²) in [7, 11) is 0. The number of anilines is 1. The fraction of sp³-hybridized carbons (Fsp3) is 0.571. The van der Waals surface area contributed by atoms with Gasteiger partial charge in [0.2, 0.25) is 17.7 Å². The lowest BCUT2D eigenvalue weighted by Gasteiger charge is -2.36. The molecule has 0 bridgehead atoms. The van der Waals surface area contributed by atoms with Gasteiger partial charge >= 0.3 is 0 Å². The van der Waals surface area contributed by atoms with Gasteiger partial charge in [-0.2, -0.15) is 0 Å². The van der Waals surface area contributed by atoms with Crippen LogP contribution in [-0.2, 0) is 14.4 Å². The molecule has 0 unspecified atom stereocenters. The molecule has 3 amide bonds. The maximum absolute atomic E-state index is 13.9. The summed E-state index contributed by atoms with van der Waals surface area (Å²) < 4.78 is 13.9. The number of amides is 3. The average Bonchev–Trinajstić information content (AvgIpc) is 3.26. The van der Waals surface area contributed by atoms with Crippen LogP contribution in [0.25, 0.3) is 0 Å². The molecule has 3 aliphatic rings. The van der Waals surface area contributed by atoms with Crippen LogP contribution in [-0.4, -0.2) is 60.2 Å². The van der Waals surface area contributed by atoms with E-state index < -0.39 is 5.41 Å². The van der Waals surface area contributed by atoms with Crippen LogP contribution < -0.4 is 4.90 Å². The van der Waals surface area contributed by atoms with E-state index in [2.05, 4.69) is 0 Å². The summed E-state index contributed by atoms with van der Waals surface area (Å²) in [5.41, 5.74) is 0.0793. The van der Waals surface area contributed by atoms with Crippen LogP contribution >= 0.6 is 0 Å². The van der Waals surface area contributed by atoms with Crippen LogP contribution in [0.2, 0.25) is 0 Å². The number of carbonyl (C=O) groups is 3. The van der Waals surface area contributed by atoms with Crippen molar-refractivity contribution >= 4 is 23.4 Å². The molecule has 1 aromatic carbocycles. The van der Waals surface area contributed by atoms with Crippen molar-refractivity contribution in [2.24, 2.45) is 5.41 Å². The van der Waals surface area contributed by atoms with Gasteiger partial charge in [0.25, 0.3) is 0 Å². The van der Waals surface area contributed by atoms with Crippen LogP contribution in [0.5, 0.6) is 0 Å². The largest absolute Gasteiger partial charge is 0.366 e. The highest BCUT2D eigenvalue weighted by Crippen LogP contribution is 2.46. The number of nitrogens with zero attached hydrogens (tertiary/aromatic N) is 3. The molecule has 0 atom stereocenters. The van der Waals surface area contributed by atoms with Gasteiger partial charge in [0.05, 0.1) is 11.1 Å². The number of hydrogen-bond acceptors (Lipinski definition) is 4. The second kappa shape index (κ2) is 7.53. The van der Waals surface area contributed by atoms with Gasteiger partial charge in [0.1, 0.15) is 5.82 Å². The topological polar surface area (TPSA) is 60.9 Å². The van der Waals surface area contributed by atoms with Crippen molar-refractivity contribution in [3.05, 3.63) is 30.1 Å². The van der Waals surface area contributed by atoms with Gasteiger partial charge in [-0.25, -0.2) is 4.39 Å². The fourth-order valence-electron chi connectivity index (χ4n) is 4.80. The Morgan fingerprint density at radius 2 is 1.71 bits per heavy atom. The zero-order valence-electron chi connectivity index (χ0n) is 16.0. The van der Waals surface area contributed by atoms with E-state index >= 15 is 0 Å². The number of hydrogen-bond donors (Lipinski definition) is 0. The van der Waals surface area contributed by atoms with Crippen molar-refractivity contribution in [2.45, 2.75) is 38.5 Å². The number of likely N-dealkylation sites (tertiary alicyclic amines) is 1. The van der Waals surface area contributed by atoms with Crippen molar-refractivity contribution in [2.75, 3.05) is 37.6 Å². The van der Waals surface area contributed by atoms with Crippen molar-refractivity contribution in [3.8, 4) is 0 Å². The third-order valence-corrected chi connectivity index (χ3v) is 6.42. The van der Waals surface area contributed by atoms with Crippen molar-refractivity contribution in [3.63, 3.8) is 0 Å². The first-order valence-electron chi connectivity index (χ1n) is 10.1. The van der Waals surface area contributed by atoms with Gasteiger partial charge in [-0.3, -0.25) is 19.3 Å². The highest BCUT2D eigenvalue weighted by Gasteiger charge is 2.52. The van der Waals surface area contributed by atoms with E-state index in [1.165, 1.54) is 11.0 Å². The molecule has 7 heteroatoms. The minimum Gasteiger partial charge on any atom is -0.366 e. The van der Waals surface area contributed by atoms with Crippen LogP contribution in [0.3, 0.4) is 0 Å². The third-order valence-electron chi connectivity index (χ3n) is 6.42. The molecule has 0 radical (unpaired) electrons. The Labute approximate surface area is 164 Å². The predicted molar refractivity (Wildman–Crippen MR) is 102 cm³/mol. The molecule has 4 rings (SSSR count). The monoisotopic (exact) mass is 387 g/mol. The van der Waals surface area contributed by atoms with E-state index in [4.69, 9.17) is 0 Å². The molecule has 3 fully saturated rings. The molecule has 1 saturated carbocycles. The fourth-order valence-corrected chi connectivity index (χ4v) is 4.80. The van der Waals surface area contributed by atoms with Crippen LogP contribution in [0, 0.1) is 11.2 Å². The SMILES string of the molecule is O=C(CCN1C(=O)CC2(CCCC2)C1=O)N1CCN(c2ccccc2F)CC1. The van der Waals surface area contributed by atoms with Crippen LogP contribution in [0.4, 0.5) is 10.1 Å². The van der Waals surface area contributed by atoms with Crippen molar-refractivity contribution in [1.82, 2.24) is 9.80 Å². The first-order valence-corrected chi connectivity index (χ1v) is 10.1. The summed E-state index contributed by atoms with van der Waals surface area (Å²) >= 11 is 0. The Kier molecular flexibility index (Phi) is 5.08. The number of halogens is 1. The number of piperazine rings is 1. The molecule has 6 nitrogen and oxygen atoms in total. The van der Waals surface area contributed by atoms with Gasteiger partial charge in [0, 0.05) is 45.6 Å². The molecule has 1 aromatic rings. The van der Waals surface area contributed by atoms with Gasteiger partial charge < -0.3 is 9.80 Å². The zero-order chi connectivity index (χ0) is 19.7. The lowest BCUT2D eigenvalue weighted by molar-refractivity contribution is -0.142. The molecule has 150 valence electrons. The highest BCUT2D eigenvalue weighted by atomic mass is 19.1. The molecule has 2 heterocycles. The van der Waals surface area contributed by atoms with E-state index in [0.29, 0.717) is 38.3 Å². The minimum atomic E-state index is -0.481. The summed E-state index contributed by atoms with van der Waals surface area (Å²) in [5.74, 6) is -0.522. The van der Waals surface area contributed by atoms with Gasteiger partial charge in [-0.15, -0.1) is 0 Å². The average molecular weight is 387 g/mol. The number of imide groups is 1. The quantitative estimate of drug-likeness (QED) is 0.743. The van der Waals surface area contributed by atoms with E-state index in [1.54, 1.807) is 23.1 Å². The second-order valence-electron chi connectivity index (χ2n) is 8.08. The minimum absolute atomic E-state index is 0.0545. The number of para-hydroxylation sites is 1. The smallest absolute Gasteiger partial charge is 0.235 e. The van der Waals surface area contributed by atoms with Crippen molar-refractivity contribution in [1.29, 1.82) is 0 Å². The van der Waals surface area contributed by atoms with Crippen LogP contribution in [0.15, 0.2) is 24.3 Å². The molecule has 0 aromatic heterocycles. The van der Waals surface area contributed by atoms with Crippen LogP contribution in [0.1, 0.15) is 38.5 Å². The zero-order valence-corrected chi connectivity index (χ0v) is 16.0. The lowest BCUT2D eigenvalue weighted by Crippen LogP contribution is -2.49. The maximum atomic E-state index is 13.9. The molecular weight excluding hydrogens is 361 g/mol. The van der Waals surface area contributed by atoms with Gasteiger partial charge in [0.15, 0.2) is 0 Å². The molecule has 28 heavy (non-hydrogen) atoms. The Morgan fingerprint density at radius 1 is 1.04 bits per heavy atom. The van der Waals surface area contributed by atoms with Gasteiger partial charge in [-0.05, 0) is 25.0 Å². The molecule has 0 N–H and O–H groups in total. The summed E-state index contributed by atoms with van der Waals surface area (Å²) in [6, 6.07) is 6.65. The number of carbonyl (C=O) groups excluding carboxylic acids is 3. The molecule has 1 aliphatic carbocycles. The third kappa shape index (κ3) is 3.38. The second-order valence-corrected chi connectivity index (χ2v) is 8.08. The Bertz CT molecular complexity index is 783.